The van der Waals surface area contributed by atoms with Crippen LogP contribution in [0.3, 0.4) is 0 Å². The second kappa shape index (κ2) is 3.58. The van der Waals surface area contributed by atoms with Crippen LogP contribution in [0.1, 0.15) is 11.6 Å². The fourth-order valence-corrected chi connectivity index (χ4v) is 1.39. The summed E-state index contributed by atoms with van der Waals surface area (Å²) in [6.45, 7) is 0.738. The monoisotopic (exact) mass is 177 g/mol. The van der Waals surface area contributed by atoms with Crippen LogP contribution in [0.25, 0.3) is 0 Å². The van der Waals surface area contributed by atoms with Gasteiger partial charge in [0.1, 0.15) is 6.61 Å². The molecule has 1 aliphatic heterocycles. The molecule has 1 saturated heterocycles. The molecule has 0 spiro atoms. The molecular formula is C10H11NO2. The van der Waals surface area contributed by atoms with Crippen molar-refractivity contribution in [3.8, 4) is 0 Å². The van der Waals surface area contributed by atoms with Gasteiger partial charge in [-0.1, -0.05) is 30.3 Å². The molecule has 1 unspecified atom stereocenters. The molecule has 0 aliphatic carbocycles. The molecule has 1 fully saturated rings. The largest absolute Gasteiger partial charge is 0.463 e. The third-order valence-electron chi connectivity index (χ3n) is 2.11. The molecule has 0 amide bonds. The van der Waals surface area contributed by atoms with Gasteiger partial charge in [-0.2, -0.15) is 0 Å². The minimum Gasteiger partial charge on any atom is -0.463 e. The summed E-state index contributed by atoms with van der Waals surface area (Å²) in [6, 6.07) is 10.1. The second-order valence-electron chi connectivity index (χ2n) is 3.03. The van der Waals surface area contributed by atoms with Gasteiger partial charge < -0.3 is 4.74 Å². The van der Waals surface area contributed by atoms with E-state index in [1.807, 2.05) is 30.3 Å². The number of cyclic esters (lactones) is 1. The Morgan fingerprint density at radius 2 is 2.08 bits per heavy atom. The van der Waals surface area contributed by atoms with E-state index in [9.17, 15) is 4.79 Å². The van der Waals surface area contributed by atoms with E-state index in [0.29, 0.717) is 13.2 Å². The third kappa shape index (κ3) is 1.87. The Hall–Kier alpha value is -1.35. The van der Waals surface area contributed by atoms with Crippen molar-refractivity contribution in [1.82, 2.24) is 5.32 Å². The van der Waals surface area contributed by atoms with E-state index in [1.54, 1.807) is 0 Å². The smallest absolute Gasteiger partial charge is 0.320 e. The van der Waals surface area contributed by atoms with Crippen molar-refractivity contribution in [2.45, 2.75) is 6.04 Å². The molecule has 1 aliphatic rings. The highest BCUT2D eigenvalue weighted by molar-refractivity contribution is 5.72. The standard InChI is InChI=1S/C10H11NO2/c12-10-6-11-9(7-13-10)8-4-2-1-3-5-8/h1-5,9,11H,6-7H2. The van der Waals surface area contributed by atoms with Crippen LogP contribution >= 0.6 is 0 Å². The zero-order chi connectivity index (χ0) is 9.10. The quantitative estimate of drug-likeness (QED) is 0.647. The molecule has 1 N–H and O–H groups in total. The fraction of sp³-hybridized carbons (Fsp3) is 0.300. The topological polar surface area (TPSA) is 38.3 Å². The maximum absolute atomic E-state index is 10.8. The SMILES string of the molecule is O=C1CNC(c2ccccc2)CO1. The van der Waals surface area contributed by atoms with Crippen molar-refractivity contribution >= 4 is 5.97 Å². The molecular weight excluding hydrogens is 166 g/mol. The summed E-state index contributed by atoms with van der Waals surface area (Å²) < 4.78 is 4.94. The first-order chi connectivity index (χ1) is 6.36. The van der Waals surface area contributed by atoms with E-state index in [-0.39, 0.29) is 12.0 Å². The number of ether oxygens (including phenoxy) is 1. The van der Waals surface area contributed by atoms with E-state index in [1.165, 1.54) is 0 Å². The van der Waals surface area contributed by atoms with Crippen LogP contribution in [0.5, 0.6) is 0 Å². The number of rotatable bonds is 1. The summed E-state index contributed by atoms with van der Waals surface area (Å²) in [7, 11) is 0. The number of hydrogen-bond acceptors (Lipinski definition) is 3. The summed E-state index contributed by atoms with van der Waals surface area (Å²) in [6.07, 6.45) is 0. The second-order valence-corrected chi connectivity index (χ2v) is 3.03. The summed E-state index contributed by atoms with van der Waals surface area (Å²) in [4.78, 5) is 10.8. The molecule has 3 heteroatoms. The van der Waals surface area contributed by atoms with Gasteiger partial charge in [-0.15, -0.1) is 0 Å². The Morgan fingerprint density at radius 1 is 1.31 bits per heavy atom. The minimum atomic E-state index is -0.174. The first-order valence-corrected chi connectivity index (χ1v) is 4.30. The highest BCUT2D eigenvalue weighted by atomic mass is 16.5. The molecule has 1 aromatic carbocycles. The van der Waals surface area contributed by atoms with Crippen LogP contribution in [0.15, 0.2) is 30.3 Å². The van der Waals surface area contributed by atoms with E-state index >= 15 is 0 Å². The molecule has 2 rings (SSSR count). The van der Waals surface area contributed by atoms with Crippen LogP contribution < -0.4 is 5.32 Å². The van der Waals surface area contributed by atoms with Gasteiger partial charge in [-0.05, 0) is 5.56 Å². The summed E-state index contributed by atoms with van der Waals surface area (Å²) >= 11 is 0. The van der Waals surface area contributed by atoms with Gasteiger partial charge in [0.2, 0.25) is 0 Å². The zero-order valence-corrected chi connectivity index (χ0v) is 7.19. The number of morpholine rings is 1. The molecule has 1 heterocycles. The minimum absolute atomic E-state index is 0.152. The number of nitrogens with one attached hydrogen (secondary N) is 1. The normalized spacial score (nSPS) is 22.5. The highest BCUT2D eigenvalue weighted by Gasteiger charge is 2.19. The molecule has 13 heavy (non-hydrogen) atoms. The highest BCUT2D eigenvalue weighted by Crippen LogP contribution is 2.14. The molecule has 0 saturated carbocycles. The average Bonchev–Trinajstić information content (AvgIpc) is 2.20. The Kier molecular flexibility index (Phi) is 2.27. The molecule has 0 aromatic heterocycles. The number of esters is 1. The van der Waals surface area contributed by atoms with Crippen LogP contribution in [-0.4, -0.2) is 19.1 Å². The molecule has 1 atom stereocenters. The van der Waals surface area contributed by atoms with Crippen LogP contribution in [0.2, 0.25) is 0 Å². The molecule has 0 bridgehead atoms. The average molecular weight is 177 g/mol. The number of carbonyl (C=O) groups excluding carboxylic acids is 1. The first-order valence-electron chi connectivity index (χ1n) is 4.30. The summed E-state index contributed by atoms with van der Waals surface area (Å²) in [5.74, 6) is -0.174. The van der Waals surface area contributed by atoms with Gasteiger partial charge in [-0.25, -0.2) is 0 Å². The van der Waals surface area contributed by atoms with Crippen LogP contribution in [-0.2, 0) is 9.53 Å². The van der Waals surface area contributed by atoms with Gasteiger partial charge in [0, 0.05) is 0 Å². The molecule has 0 radical (unpaired) electrons. The van der Waals surface area contributed by atoms with Crippen molar-refractivity contribution in [3.63, 3.8) is 0 Å². The molecule has 68 valence electrons. The summed E-state index contributed by atoms with van der Waals surface area (Å²) in [5, 5.41) is 3.11. The Balaban J connectivity index is 2.07. The van der Waals surface area contributed by atoms with E-state index in [0.717, 1.165) is 5.56 Å². The third-order valence-corrected chi connectivity index (χ3v) is 2.11. The van der Waals surface area contributed by atoms with Crippen molar-refractivity contribution in [2.24, 2.45) is 0 Å². The van der Waals surface area contributed by atoms with E-state index in [2.05, 4.69) is 5.32 Å². The van der Waals surface area contributed by atoms with Gasteiger partial charge in [0.05, 0.1) is 12.6 Å². The van der Waals surface area contributed by atoms with Gasteiger partial charge in [-0.3, -0.25) is 10.1 Å². The Morgan fingerprint density at radius 3 is 2.69 bits per heavy atom. The van der Waals surface area contributed by atoms with E-state index in [4.69, 9.17) is 4.74 Å². The van der Waals surface area contributed by atoms with Crippen molar-refractivity contribution in [2.75, 3.05) is 13.2 Å². The van der Waals surface area contributed by atoms with Crippen molar-refractivity contribution in [1.29, 1.82) is 0 Å². The fourth-order valence-electron chi connectivity index (χ4n) is 1.39. The number of benzene rings is 1. The predicted octanol–water partition coefficient (Wildman–Crippen LogP) is 0.874. The number of carbonyl (C=O) groups is 1. The predicted molar refractivity (Wildman–Crippen MR) is 48.1 cm³/mol. The van der Waals surface area contributed by atoms with Gasteiger partial charge >= 0.3 is 5.97 Å². The number of hydrogen-bond donors (Lipinski definition) is 1. The van der Waals surface area contributed by atoms with Gasteiger partial charge in [0.25, 0.3) is 0 Å². The van der Waals surface area contributed by atoms with E-state index < -0.39 is 0 Å². The lowest BCUT2D eigenvalue weighted by molar-refractivity contribution is -0.147. The first kappa shape index (κ1) is 8.26. The van der Waals surface area contributed by atoms with Crippen LogP contribution in [0.4, 0.5) is 0 Å². The lowest BCUT2D eigenvalue weighted by Crippen LogP contribution is -2.38. The lowest BCUT2D eigenvalue weighted by atomic mass is 10.1. The molecule has 3 nitrogen and oxygen atoms in total. The van der Waals surface area contributed by atoms with Crippen molar-refractivity contribution < 1.29 is 9.53 Å². The lowest BCUT2D eigenvalue weighted by Gasteiger charge is -2.23. The summed E-state index contributed by atoms with van der Waals surface area (Å²) in [5.41, 5.74) is 1.16. The van der Waals surface area contributed by atoms with Crippen LogP contribution in [0, 0.1) is 0 Å². The molecule has 1 aromatic rings. The van der Waals surface area contributed by atoms with Gasteiger partial charge in [0.15, 0.2) is 0 Å². The van der Waals surface area contributed by atoms with Crippen molar-refractivity contribution in [3.05, 3.63) is 35.9 Å². The Labute approximate surface area is 76.7 Å². The Bertz CT molecular complexity index is 287. The maximum Gasteiger partial charge on any atom is 0.320 e. The zero-order valence-electron chi connectivity index (χ0n) is 7.19. The maximum atomic E-state index is 10.8.